The molecule has 31 heavy (non-hydrogen) atoms. The van der Waals surface area contributed by atoms with E-state index in [0.29, 0.717) is 6.42 Å². The summed E-state index contributed by atoms with van der Waals surface area (Å²) in [4.78, 5) is 31.8. The first-order valence-electron chi connectivity index (χ1n) is 10.9. The van der Waals surface area contributed by atoms with Crippen LogP contribution in [0.25, 0.3) is 10.9 Å². The van der Waals surface area contributed by atoms with E-state index in [1.165, 1.54) is 5.56 Å². The Labute approximate surface area is 181 Å². The van der Waals surface area contributed by atoms with Crippen molar-refractivity contribution in [2.75, 3.05) is 13.1 Å². The SMILES string of the molecule is O=C1NC(=O)C(Cc2ccccc2)(C2CCN(Cc3ccc4ncccc4c3)CC2)N1. The maximum atomic E-state index is 12.9. The summed E-state index contributed by atoms with van der Waals surface area (Å²) in [7, 11) is 0. The van der Waals surface area contributed by atoms with Crippen molar-refractivity contribution in [2.24, 2.45) is 5.92 Å². The zero-order chi connectivity index (χ0) is 21.3. The molecule has 3 amide bonds. The van der Waals surface area contributed by atoms with Gasteiger partial charge in [-0.2, -0.15) is 0 Å². The Hall–Kier alpha value is -3.25. The number of piperidine rings is 1. The molecule has 1 unspecified atom stereocenters. The number of imide groups is 1. The summed E-state index contributed by atoms with van der Waals surface area (Å²) in [6, 6.07) is 20.0. The van der Waals surface area contributed by atoms with Crippen LogP contribution < -0.4 is 10.6 Å². The number of nitrogens with zero attached hydrogens (tertiary/aromatic N) is 2. The fraction of sp³-hybridized carbons (Fsp3) is 0.320. The van der Waals surface area contributed by atoms with Gasteiger partial charge in [0.05, 0.1) is 5.52 Å². The van der Waals surface area contributed by atoms with Gasteiger partial charge in [-0.3, -0.25) is 20.0 Å². The molecule has 0 spiro atoms. The molecule has 1 atom stereocenters. The van der Waals surface area contributed by atoms with E-state index >= 15 is 0 Å². The van der Waals surface area contributed by atoms with Crippen molar-refractivity contribution in [1.29, 1.82) is 0 Å². The number of hydrogen-bond acceptors (Lipinski definition) is 4. The minimum atomic E-state index is -0.862. The van der Waals surface area contributed by atoms with Gasteiger partial charge in [0, 0.05) is 24.5 Å². The second-order valence-electron chi connectivity index (χ2n) is 8.62. The van der Waals surface area contributed by atoms with Crippen LogP contribution in [-0.2, 0) is 17.8 Å². The Balaban J connectivity index is 1.29. The molecule has 3 aromatic rings. The molecule has 2 aliphatic rings. The van der Waals surface area contributed by atoms with Crippen LogP contribution in [0.2, 0.25) is 0 Å². The molecule has 0 bridgehead atoms. The van der Waals surface area contributed by atoms with Gasteiger partial charge in [0.2, 0.25) is 0 Å². The van der Waals surface area contributed by atoms with Crippen LogP contribution in [0.1, 0.15) is 24.0 Å². The summed E-state index contributed by atoms with van der Waals surface area (Å²) in [6.45, 7) is 2.67. The van der Waals surface area contributed by atoms with Crippen molar-refractivity contribution in [2.45, 2.75) is 31.3 Å². The van der Waals surface area contributed by atoms with E-state index in [2.05, 4.69) is 44.8 Å². The Bertz CT molecular complexity index is 1110. The lowest BCUT2D eigenvalue weighted by molar-refractivity contribution is -0.126. The first-order chi connectivity index (χ1) is 15.1. The average Bonchev–Trinajstić information content (AvgIpc) is 3.08. The number of nitrogens with one attached hydrogen (secondary N) is 2. The Kier molecular flexibility index (Phi) is 5.16. The van der Waals surface area contributed by atoms with Crippen LogP contribution in [0, 0.1) is 5.92 Å². The number of benzene rings is 2. The van der Waals surface area contributed by atoms with E-state index in [-0.39, 0.29) is 17.9 Å². The molecule has 0 radical (unpaired) electrons. The summed E-state index contributed by atoms with van der Waals surface area (Å²) in [5.74, 6) is -0.0851. The van der Waals surface area contributed by atoms with Crippen LogP contribution in [0.4, 0.5) is 4.79 Å². The molecule has 3 heterocycles. The van der Waals surface area contributed by atoms with Gasteiger partial charge < -0.3 is 5.32 Å². The lowest BCUT2D eigenvalue weighted by Gasteiger charge is -2.40. The number of fused-ring (bicyclic) bond motifs is 1. The maximum Gasteiger partial charge on any atom is 0.322 e. The minimum Gasteiger partial charge on any atom is -0.323 e. The second-order valence-corrected chi connectivity index (χ2v) is 8.62. The molecule has 1 aromatic heterocycles. The Morgan fingerprint density at radius 2 is 1.77 bits per heavy atom. The molecule has 158 valence electrons. The normalized spacial score (nSPS) is 22.5. The van der Waals surface area contributed by atoms with E-state index in [9.17, 15) is 9.59 Å². The summed E-state index contributed by atoms with van der Waals surface area (Å²) in [5.41, 5.74) is 2.48. The number of likely N-dealkylation sites (tertiary alicyclic amines) is 1. The van der Waals surface area contributed by atoms with Crippen molar-refractivity contribution >= 4 is 22.8 Å². The number of amides is 3. The van der Waals surface area contributed by atoms with Gasteiger partial charge in [-0.15, -0.1) is 0 Å². The number of carbonyl (C=O) groups is 2. The number of hydrogen-bond donors (Lipinski definition) is 2. The van der Waals surface area contributed by atoms with Crippen molar-refractivity contribution in [1.82, 2.24) is 20.5 Å². The lowest BCUT2D eigenvalue weighted by atomic mass is 9.74. The van der Waals surface area contributed by atoms with Crippen molar-refractivity contribution in [3.63, 3.8) is 0 Å². The van der Waals surface area contributed by atoms with Gasteiger partial charge in [0.25, 0.3) is 5.91 Å². The average molecular weight is 415 g/mol. The zero-order valence-corrected chi connectivity index (χ0v) is 17.4. The van der Waals surface area contributed by atoms with Crippen LogP contribution in [0.15, 0.2) is 66.9 Å². The Morgan fingerprint density at radius 3 is 2.52 bits per heavy atom. The number of urea groups is 1. The molecule has 5 rings (SSSR count). The van der Waals surface area contributed by atoms with Crippen LogP contribution in [0.5, 0.6) is 0 Å². The fourth-order valence-corrected chi connectivity index (χ4v) is 5.04. The van der Waals surface area contributed by atoms with Crippen molar-refractivity contribution < 1.29 is 9.59 Å². The third-order valence-corrected chi connectivity index (χ3v) is 6.65. The number of carbonyl (C=O) groups excluding carboxylic acids is 2. The van der Waals surface area contributed by atoms with E-state index in [1.54, 1.807) is 0 Å². The predicted octanol–water partition coefficient (Wildman–Crippen LogP) is 3.27. The van der Waals surface area contributed by atoms with Gasteiger partial charge in [0.1, 0.15) is 5.54 Å². The lowest BCUT2D eigenvalue weighted by Crippen LogP contribution is -2.57. The first kappa shape index (κ1) is 19.7. The molecule has 6 nitrogen and oxygen atoms in total. The largest absolute Gasteiger partial charge is 0.323 e. The molecule has 2 saturated heterocycles. The van der Waals surface area contributed by atoms with Gasteiger partial charge in [-0.1, -0.05) is 42.5 Å². The number of rotatable bonds is 5. The molecule has 2 N–H and O–H groups in total. The van der Waals surface area contributed by atoms with E-state index in [4.69, 9.17) is 0 Å². The molecule has 6 heteroatoms. The summed E-state index contributed by atoms with van der Waals surface area (Å²) in [5, 5.41) is 6.63. The first-order valence-corrected chi connectivity index (χ1v) is 10.9. The number of pyridine rings is 1. The van der Waals surface area contributed by atoms with Crippen LogP contribution >= 0.6 is 0 Å². The van der Waals surface area contributed by atoms with Gasteiger partial charge >= 0.3 is 6.03 Å². The maximum absolute atomic E-state index is 12.9. The molecular weight excluding hydrogens is 388 g/mol. The third kappa shape index (κ3) is 3.91. The summed E-state index contributed by atoms with van der Waals surface area (Å²) < 4.78 is 0. The molecular formula is C25H26N4O2. The quantitative estimate of drug-likeness (QED) is 0.629. The van der Waals surface area contributed by atoms with Crippen LogP contribution in [0.3, 0.4) is 0 Å². The molecule has 2 fully saturated rings. The standard InChI is InChI=1S/C25H26N4O2/c30-23-25(28-24(31)27-23,16-18-5-2-1-3-6-18)21-10-13-29(14-11-21)17-19-8-9-22-20(15-19)7-4-12-26-22/h1-9,12,15,21H,10-11,13-14,16-17H2,(H2,27,28,30,31). The minimum absolute atomic E-state index is 0.108. The van der Waals surface area contributed by atoms with Gasteiger partial charge in [-0.25, -0.2) is 4.79 Å². The molecule has 0 aliphatic carbocycles. The van der Waals surface area contributed by atoms with E-state index in [1.807, 2.05) is 42.6 Å². The highest BCUT2D eigenvalue weighted by molar-refractivity contribution is 6.07. The predicted molar refractivity (Wildman–Crippen MR) is 119 cm³/mol. The second kappa shape index (κ2) is 8.12. The number of aromatic nitrogens is 1. The molecule has 2 aliphatic heterocycles. The van der Waals surface area contributed by atoms with Gasteiger partial charge in [-0.05, 0) is 61.2 Å². The summed E-state index contributed by atoms with van der Waals surface area (Å²) in [6.07, 6.45) is 4.08. The highest BCUT2D eigenvalue weighted by atomic mass is 16.2. The molecule has 2 aromatic carbocycles. The van der Waals surface area contributed by atoms with E-state index < -0.39 is 5.54 Å². The van der Waals surface area contributed by atoms with Crippen molar-refractivity contribution in [3.05, 3.63) is 78.0 Å². The smallest absolute Gasteiger partial charge is 0.322 e. The monoisotopic (exact) mass is 414 g/mol. The summed E-state index contributed by atoms with van der Waals surface area (Å²) >= 11 is 0. The molecule has 0 saturated carbocycles. The van der Waals surface area contributed by atoms with Crippen LogP contribution in [-0.4, -0.2) is 40.5 Å². The Morgan fingerprint density at radius 1 is 0.968 bits per heavy atom. The zero-order valence-electron chi connectivity index (χ0n) is 17.4. The fourth-order valence-electron chi connectivity index (χ4n) is 5.04. The highest BCUT2D eigenvalue weighted by Crippen LogP contribution is 2.34. The van der Waals surface area contributed by atoms with Gasteiger partial charge in [0.15, 0.2) is 0 Å². The highest BCUT2D eigenvalue weighted by Gasteiger charge is 2.52. The van der Waals surface area contributed by atoms with Crippen molar-refractivity contribution in [3.8, 4) is 0 Å². The topological polar surface area (TPSA) is 74.3 Å². The van der Waals surface area contributed by atoms with E-state index in [0.717, 1.165) is 48.9 Å². The third-order valence-electron chi connectivity index (χ3n) is 6.65.